The zero-order chi connectivity index (χ0) is 14.7. The first kappa shape index (κ1) is 15.3. The fraction of sp³-hybridized carbons (Fsp3) is 0.867. The molecule has 3 unspecified atom stereocenters. The number of hydrogen-bond acceptors (Lipinski definition) is 3. The van der Waals surface area contributed by atoms with Crippen LogP contribution in [0.25, 0.3) is 0 Å². The number of carbonyl (C=O) groups is 2. The third kappa shape index (κ3) is 3.32. The van der Waals surface area contributed by atoms with E-state index in [1.807, 2.05) is 0 Å². The number of hydrogen-bond donors (Lipinski definition) is 1. The first-order chi connectivity index (χ1) is 9.50. The maximum Gasteiger partial charge on any atom is 0.320 e. The average Bonchev–Trinajstić information content (AvgIpc) is 2.43. The number of fused-ring (bicyclic) bond motifs is 1. The molecular formula is C15H26N2O3. The van der Waals surface area contributed by atoms with Crippen molar-refractivity contribution in [3.05, 3.63) is 0 Å². The summed E-state index contributed by atoms with van der Waals surface area (Å²) >= 11 is 0. The summed E-state index contributed by atoms with van der Waals surface area (Å²) in [5.74, 6) is -0.0211. The number of likely N-dealkylation sites (tertiary alicyclic amines) is 1. The van der Waals surface area contributed by atoms with Gasteiger partial charge in [-0.15, -0.1) is 0 Å². The lowest BCUT2D eigenvalue weighted by Gasteiger charge is -2.47. The molecule has 20 heavy (non-hydrogen) atoms. The number of carbonyl (C=O) groups excluding carboxylic acids is 1. The molecule has 1 saturated heterocycles. The van der Waals surface area contributed by atoms with E-state index in [4.69, 9.17) is 0 Å². The Morgan fingerprint density at radius 2 is 1.85 bits per heavy atom. The van der Waals surface area contributed by atoms with E-state index in [1.54, 1.807) is 19.0 Å². The van der Waals surface area contributed by atoms with Crippen molar-refractivity contribution in [1.29, 1.82) is 0 Å². The maximum atomic E-state index is 11.8. The molecule has 1 amide bonds. The monoisotopic (exact) mass is 282 g/mol. The van der Waals surface area contributed by atoms with E-state index in [9.17, 15) is 14.7 Å². The van der Waals surface area contributed by atoms with E-state index in [0.717, 1.165) is 19.3 Å². The number of aliphatic carboxylic acids is 1. The SMILES string of the molecule is CN(C)C(=O)CCN1C(C(=O)O)CCC2CCCCC21. The van der Waals surface area contributed by atoms with E-state index in [2.05, 4.69) is 4.90 Å². The molecule has 2 rings (SSSR count). The van der Waals surface area contributed by atoms with Gasteiger partial charge in [0.15, 0.2) is 0 Å². The third-order valence-electron chi connectivity index (χ3n) is 4.87. The molecule has 1 aliphatic carbocycles. The summed E-state index contributed by atoms with van der Waals surface area (Å²) in [7, 11) is 3.49. The molecule has 5 heteroatoms. The van der Waals surface area contributed by atoms with Crippen molar-refractivity contribution in [2.45, 2.75) is 57.0 Å². The van der Waals surface area contributed by atoms with Gasteiger partial charge in [0.1, 0.15) is 6.04 Å². The summed E-state index contributed by atoms with van der Waals surface area (Å²) in [5.41, 5.74) is 0. The molecule has 0 aromatic rings. The molecule has 1 heterocycles. The highest BCUT2D eigenvalue weighted by Gasteiger charge is 2.41. The standard InChI is InChI=1S/C15H26N2O3/c1-16(2)14(18)9-10-17-12-6-4-3-5-11(12)7-8-13(17)15(19)20/h11-13H,3-10H2,1-2H3,(H,19,20). The van der Waals surface area contributed by atoms with Gasteiger partial charge < -0.3 is 10.0 Å². The number of carboxylic acid groups (broad SMARTS) is 1. The van der Waals surface area contributed by atoms with Crippen molar-refractivity contribution in [3.8, 4) is 0 Å². The minimum absolute atomic E-state index is 0.0760. The third-order valence-corrected chi connectivity index (χ3v) is 4.87. The van der Waals surface area contributed by atoms with Gasteiger partial charge >= 0.3 is 5.97 Å². The second-order valence-electron chi connectivity index (χ2n) is 6.32. The highest BCUT2D eigenvalue weighted by atomic mass is 16.4. The Bertz CT molecular complexity index is 370. The van der Waals surface area contributed by atoms with Crippen LogP contribution in [-0.4, -0.2) is 59.5 Å². The zero-order valence-corrected chi connectivity index (χ0v) is 12.5. The number of carboxylic acids is 1. The number of amides is 1. The molecule has 0 aromatic carbocycles. The van der Waals surface area contributed by atoms with E-state index in [0.29, 0.717) is 24.9 Å². The Labute approximate surface area is 120 Å². The van der Waals surface area contributed by atoms with Gasteiger partial charge in [-0.1, -0.05) is 12.8 Å². The molecule has 1 N–H and O–H groups in total. The Hall–Kier alpha value is -1.10. The predicted molar refractivity (Wildman–Crippen MR) is 76.4 cm³/mol. The van der Waals surface area contributed by atoms with E-state index in [1.165, 1.54) is 19.3 Å². The molecule has 2 fully saturated rings. The summed E-state index contributed by atoms with van der Waals surface area (Å²) in [4.78, 5) is 26.9. The average molecular weight is 282 g/mol. The quantitative estimate of drug-likeness (QED) is 0.850. The van der Waals surface area contributed by atoms with Crippen molar-refractivity contribution < 1.29 is 14.7 Å². The smallest absolute Gasteiger partial charge is 0.320 e. The van der Waals surface area contributed by atoms with Crippen molar-refractivity contribution in [2.75, 3.05) is 20.6 Å². The Balaban J connectivity index is 2.04. The van der Waals surface area contributed by atoms with Gasteiger partial charge in [0, 0.05) is 33.1 Å². The predicted octanol–water partition coefficient (Wildman–Crippen LogP) is 1.57. The van der Waals surface area contributed by atoms with Crippen LogP contribution in [0.15, 0.2) is 0 Å². The Morgan fingerprint density at radius 1 is 1.15 bits per heavy atom. The van der Waals surface area contributed by atoms with Gasteiger partial charge in [0.2, 0.25) is 5.91 Å². The Morgan fingerprint density at radius 3 is 2.50 bits per heavy atom. The van der Waals surface area contributed by atoms with Gasteiger partial charge in [-0.3, -0.25) is 14.5 Å². The van der Waals surface area contributed by atoms with Crippen molar-refractivity contribution in [2.24, 2.45) is 5.92 Å². The van der Waals surface area contributed by atoms with Gasteiger partial charge in [0.05, 0.1) is 0 Å². The van der Waals surface area contributed by atoms with Crippen LogP contribution in [0.5, 0.6) is 0 Å². The topological polar surface area (TPSA) is 60.9 Å². The van der Waals surface area contributed by atoms with Crippen LogP contribution < -0.4 is 0 Å². The molecule has 3 atom stereocenters. The minimum atomic E-state index is -0.730. The van der Waals surface area contributed by atoms with Gasteiger partial charge in [0.25, 0.3) is 0 Å². The maximum absolute atomic E-state index is 11.8. The second kappa shape index (κ2) is 6.57. The zero-order valence-electron chi connectivity index (χ0n) is 12.5. The first-order valence-electron chi connectivity index (χ1n) is 7.69. The lowest BCUT2D eigenvalue weighted by atomic mass is 9.76. The highest BCUT2D eigenvalue weighted by molar-refractivity contribution is 5.76. The molecule has 1 aliphatic heterocycles. The highest BCUT2D eigenvalue weighted by Crippen LogP contribution is 2.37. The van der Waals surface area contributed by atoms with Gasteiger partial charge in [-0.05, 0) is 31.6 Å². The summed E-state index contributed by atoms with van der Waals surface area (Å²) in [6.07, 6.45) is 6.93. The van der Waals surface area contributed by atoms with E-state index < -0.39 is 12.0 Å². The van der Waals surface area contributed by atoms with Crippen LogP contribution >= 0.6 is 0 Å². The Kier molecular flexibility index (Phi) is 5.02. The van der Waals surface area contributed by atoms with Crippen LogP contribution in [0, 0.1) is 5.92 Å². The lowest BCUT2D eigenvalue weighted by Crippen LogP contribution is -2.55. The van der Waals surface area contributed by atoms with Crippen LogP contribution in [-0.2, 0) is 9.59 Å². The molecule has 0 aromatic heterocycles. The molecule has 0 radical (unpaired) electrons. The van der Waals surface area contributed by atoms with E-state index >= 15 is 0 Å². The first-order valence-corrected chi connectivity index (χ1v) is 7.69. The molecule has 1 saturated carbocycles. The summed E-state index contributed by atoms with van der Waals surface area (Å²) < 4.78 is 0. The number of nitrogens with zero attached hydrogens (tertiary/aromatic N) is 2. The normalized spacial score (nSPS) is 30.6. The number of piperidine rings is 1. The second-order valence-corrected chi connectivity index (χ2v) is 6.32. The number of rotatable bonds is 4. The van der Waals surface area contributed by atoms with Crippen LogP contribution in [0.2, 0.25) is 0 Å². The van der Waals surface area contributed by atoms with Crippen molar-refractivity contribution in [3.63, 3.8) is 0 Å². The lowest BCUT2D eigenvalue weighted by molar-refractivity contribution is -0.149. The molecule has 5 nitrogen and oxygen atoms in total. The fourth-order valence-electron chi connectivity index (χ4n) is 3.77. The van der Waals surface area contributed by atoms with Crippen molar-refractivity contribution in [1.82, 2.24) is 9.80 Å². The molecule has 0 bridgehead atoms. The summed E-state index contributed by atoms with van der Waals surface area (Å²) in [6.45, 7) is 0.579. The molecule has 0 spiro atoms. The largest absolute Gasteiger partial charge is 0.480 e. The minimum Gasteiger partial charge on any atom is -0.480 e. The summed E-state index contributed by atoms with van der Waals surface area (Å²) in [6, 6.07) is -0.0297. The van der Waals surface area contributed by atoms with Crippen molar-refractivity contribution >= 4 is 11.9 Å². The van der Waals surface area contributed by atoms with E-state index in [-0.39, 0.29) is 5.91 Å². The van der Waals surface area contributed by atoms with Crippen LogP contribution in [0.4, 0.5) is 0 Å². The van der Waals surface area contributed by atoms with Crippen LogP contribution in [0.3, 0.4) is 0 Å². The summed E-state index contributed by atoms with van der Waals surface area (Å²) in [5, 5.41) is 9.44. The fourth-order valence-corrected chi connectivity index (χ4v) is 3.77. The van der Waals surface area contributed by atoms with Crippen LogP contribution in [0.1, 0.15) is 44.9 Å². The molecule has 2 aliphatic rings. The van der Waals surface area contributed by atoms with Gasteiger partial charge in [-0.25, -0.2) is 0 Å². The molecular weight excluding hydrogens is 256 g/mol. The molecule has 114 valence electrons. The van der Waals surface area contributed by atoms with Gasteiger partial charge in [-0.2, -0.15) is 0 Å².